The van der Waals surface area contributed by atoms with Gasteiger partial charge in [0.25, 0.3) is 0 Å². The van der Waals surface area contributed by atoms with Crippen LogP contribution in [0.15, 0.2) is 0 Å². The molecule has 0 aliphatic carbocycles. The van der Waals surface area contributed by atoms with Crippen LogP contribution in [0.1, 0.15) is 20.8 Å². The van der Waals surface area contributed by atoms with Crippen molar-refractivity contribution < 1.29 is 21.1 Å². The summed E-state index contributed by atoms with van der Waals surface area (Å²) >= 11 is 0. The van der Waals surface area contributed by atoms with Gasteiger partial charge in [-0.15, -0.1) is 0 Å². The van der Waals surface area contributed by atoms with Gasteiger partial charge in [0.1, 0.15) is 0 Å². The van der Waals surface area contributed by atoms with Crippen molar-refractivity contribution in [3.63, 3.8) is 0 Å². The fourth-order valence-electron chi connectivity index (χ4n) is 0. The Morgan fingerprint density at radius 1 is 0.571 bits per heavy atom. The van der Waals surface area contributed by atoms with E-state index < -0.39 is 0 Å². The third-order valence-electron chi connectivity index (χ3n) is 0. The predicted octanol–water partition coefficient (Wildman–Crippen LogP) is 2.52. The Morgan fingerprint density at radius 2 is 0.571 bits per heavy atom. The van der Waals surface area contributed by atoms with Crippen LogP contribution in [0.3, 0.4) is 0 Å². The zero-order valence-corrected chi connectivity index (χ0v) is 8.46. The molecule has 7 heavy (non-hydrogen) atoms. The second-order valence-corrected chi connectivity index (χ2v) is 0. The molecule has 0 N–H and O–H groups in total. The molecule has 0 unspecified atom stereocenters. The summed E-state index contributed by atoms with van der Waals surface area (Å²) in [4.78, 5) is 0. The third kappa shape index (κ3) is 310. The first-order valence-electron chi connectivity index (χ1n) is 2.12. The van der Waals surface area contributed by atoms with Crippen LogP contribution >= 0.6 is 0 Å². The van der Waals surface area contributed by atoms with Gasteiger partial charge in [0, 0.05) is 21.1 Å². The molecule has 0 bridgehead atoms. The predicted molar refractivity (Wildman–Crippen MR) is 33.1 cm³/mol. The van der Waals surface area contributed by atoms with Gasteiger partial charge in [-0.1, -0.05) is 0 Å². The van der Waals surface area contributed by atoms with Gasteiger partial charge in [0.2, 0.25) is 0 Å². The molecule has 0 aromatic carbocycles. The summed E-state index contributed by atoms with van der Waals surface area (Å²) in [5.41, 5.74) is 0. The first-order valence-corrected chi connectivity index (χ1v) is 2.12. The van der Waals surface area contributed by atoms with Crippen molar-refractivity contribution in [3.05, 3.63) is 20.8 Å². The number of hydrogen-bond donors (Lipinski definition) is 0. The standard InChI is InChI=1S/3C2H5.W/c3*1-2;/h3*1H2,2H3;/q3*-1;. The van der Waals surface area contributed by atoms with Crippen LogP contribution in [0.4, 0.5) is 0 Å². The molecule has 0 aromatic heterocycles. The van der Waals surface area contributed by atoms with Gasteiger partial charge in [0.05, 0.1) is 0 Å². The molecule has 0 atom stereocenters. The van der Waals surface area contributed by atoms with Crippen LogP contribution in [0.25, 0.3) is 0 Å². The monoisotopic (exact) mass is 271 g/mol. The maximum atomic E-state index is 3.25. The van der Waals surface area contributed by atoms with Gasteiger partial charge < -0.3 is 20.8 Å². The number of hydrogen-bond acceptors (Lipinski definition) is 0. The summed E-state index contributed by atoms with van der Waals surface area (Å²) in [7, 11) is 0. The van der Waals surface area contributed by atoms with E-state index in [0.29, 0.717) is 0 Å². The Morgan fingerprint density at radius 3 is 0.571 bits per heavy atom. The third-order valence-corrected chi connectivity index (χ3v) is 0. The Kier molecular flexibility index (Phi) is 1650. The van der Waals surface area contributed by atoms with E-state index >= 15 is 0 Å². The molecule has 0 fully saturated rings. The topological polar surface area (TPSA) is 0 Å². The van der Waals surface area contributed by atoms with E-state index in [2.05, 4.69) is 20.8 Å². The van der Waals surface area contributed by atoms with Gasteiger partial charge in [-0.2, -0.15) is 20.8 Å². The second kappa shape index (κ2) is 457. The fraction of sp³-hybridized carbons (Fsp3) is 0.500. The first kappa shape index (κ1) is 25.3. The maximum Gasteiger partial charge on any atom is 0 e. The Hall–Kier alpha value is 0.688. The Bertz CT molecular complexity index is 4.14. The molecule has 0 saturated heterocycles. The smallest absolute Gasteiger partial charge is 0 e. The van der Waals surface area contributed by atoms with Crippen LogP contribution < -0.4 is 0 Å². The molecule has 0 aliphatic heterocycles. The van der Waals surface area contributed by atoms with E-state index in [0.717, 1.165) is 0 Å². The summed E-state index contributed by atoms with van der Waals surface area (Å²) in [6.07, 6.45) is 0. The molecule has 0 radical (unpaired) electrons. The fourth-order valence-corrected chi connectivity index (χ4v) is 0. The summed E-state index contributed by atoms with van der Waals surface area (Å²) in [5, 5.41) is 0. The van der Waals surface area contributed by atoms with Crippen molar-refractivity contribution in [2.24, 2.45) is 0 Å². The van der Waals surface area contributed by atoms with Gasteiger partial charge >= 0.3 is 0 Å². The zero-order valence-electron chi connectivity index (χ0n) is 5.53. The molecule has 0 nitrogen and oxygen atoms in total. The van der Waals surface area contributed by atoms with E-state index in [9.17, 15) is 0 Å². The van der Waals surface area contributed by atoms with Gasteiger partial charge in [-0.05, 0) is 0 Å². The molecule has 0 heterocycles. The van der Waals surface area contributed by atoms with Gasteiger partial charge in [-0.25, -0.2) is 0 Å². The normalized spacial score (nSPS) is 2.57. The largest absolute Gasteiger partial charge is 0.346 e. The second-order valence-electron chi connectivity index (χ2n) is 0. The molecule has 1 heteroatoms. The summed E-state index contributed by atoms with van der Waals surface area (Å²) in [6, 6.07) is 0. The van der Waals surface area contributed by atoms with E-state index in [1.807, 2.05) is 0 Å². The van der Waals surface area contributed by atoms with E-state index in [-0.39, 0.29) is 21.1 Å². The van der Waals surface area contributed by atoms with Crippen LogP contribution in [0, 0.1) is 20.8 Å². The quantitative estimate of drug-likeness (QED) is 0.594. The van der Waals surface area contributed by atoms with Crippen molar-refractivity contribution in [3.8, 4) is 0 Å². The van der Waals surface area contributed by atoms with Crippen LogP contribution in [0.5, 0.6) is 0 Å². The molecule has 48 valence electrons. The molecule has 0 spiro atoms. The average molecular weight is 271 g/mol. The minimum Gasteiger partial charge on any atom is -0.346 e. The van der Waals surface area contributed by atoms with Crippen molar-refractivity contribution >= 4 is 0 Å². The van der Waals surface area contributed by atoms with Gasteiger partial charge in [0.15, 0.2) is 0 Å². The number of rotatable bonds is 0. The molecule has 0 saturated carbocycles. The van der Waals surface area contributed by atoms with Gasteiger partial charge in [-0.3, -0.25) is 0 Å². The van der Waals surface area contributed by atoms with Crippen LogP contribution in [-0.2, 0) is 21.1 Å². The molecular formula is C6H15W-3. The molecule has 0 aromatic rings. The Labute approximate surface area is 63.0 Å². The van der Waals surface area contributed by atoms with Crippen molar-refractivity contribution in [2.45, 2.75) is 20.8 Å². The minimum atomic E-state index is 0. The summed E-state index contributed by atoms with van der Waals surface area (Å²) in [5.74, 6) is 0. The average Bonchev–Trinajstić information content (AvgIpc) is 1.81. The zero-order chi connectivity index (χ0) is 6.00. The molecule has 0 aliphatic rings. The molecular weight excluding hydrogens is 256 g/mol. The van der Waals surface area contributed by atoms with E-state index in [1.165, 1.54) is 0 Å². The van der Waals surface area contributed by atoms with Crippen molar-refractivity contribution in [1.82, 2.24) is 0 Å². The van der Waals surface area contributed by atoms with E-state index in [4.69, 9.17) is 0 Å². The Balaban J connectivity index is -0.00000000900. The van der Waals surface area contributed by atoms with Crippen molar-refractivity contribution in [1.29, 1.82) is 0 Å². The molecule has 0 amide bonds. The van der Waals surface area contributed by atoms with Crippen LogP contribution in [-0.4, -0.2) is 0 Å². The SMILES string of the molecule is [CH2-]C.[CH2-]C.[CH2-]C.[W]. The van der Waals surface area contributed by atoms with E-state index in [1.54, 1.807) is 20.8 Å². The summed E-state index contributed by atoms with van der Waals surface area (Å²) in [6.45, 7) is 15.0. The van der Waals surface area contributed by atoms with Crippen molar-refractivity contribution in [2.75, 3.05) is 0 Å². The minimum absolute atomic E-state index is 0. The van der Waals surface area contributed by atoms with Crippen LogP contribution in [0.2, 0.25) is 0 Å². The molecule has 0 rings (SSSR count). The first-order chi connectivity index (χ1) is 3.00. The maximum absolute atomic E-state index is 3.25. The summed E-state index contributed by atoms with van der Waals surface area (Å²) < 4.78 is 0.